The molecule has 0 aliphatic carbocycles. The van der Waals surface area contributed by atoms with Gasteiger partial charge in [0.25, 0.3) is 5.91 Å². The maximum Gasteiger partial charge on any atom is 0.253 e. The number of hydrogen-bond donors (Lipinski definition) is 1. The van der Waals surface area contributed by atoms with Gasteiger partial charge in [-0.05, 0) is 24.3 Å². The largest absolute Gasteiger partial charge is 0.336 e. The first-order chi connectivity index (χ1) is 10.3. The molecule has 0 unspecified atom stereocenters. The highest BCUT2D eigenvalue weighted by molar-refractivity contribution is 5.94. The first kappa shape index (κ1) is 15.8. The molecule has 1 N–H and O–H groups in total. The van der Waals surface area contributed by atoms with Crippen LogP contribution >= 0.6 is 0 Å². The number of carbonyl (C=O) groups is 1. The Morgan fingerprint density at radius 1 is 1.36 bits per heavy atom. The van der Waals surface area contributed by atoms with E-state index >= 15 is 0 Å². The summed E-state index contributed by atoms with van der Waals surface area (Å²) in [6.45, 7) is 6.72. The monoisotopic (exact) mass is 296 g/mol. The number of amides is 1. The molecule has 0 fully saturated rings. The van der Waals surface area contributed by atoms with Crippen LogP contribution in [0.25, 0.3) is 0 Å². The molecule has 0 spiro atoms. The van der Waals surface area contributed by atoms with Crippen molar-refractivity contribution in [1.29, 1.82) is 5.26 Å². The van der Waals surface area contributed by atoms with Gasteiger partial charge in [0.2, 0.25) is 0 Å². The number of benzene rings is 1. The van der Waals surface area contributed by atoms with Crippen molar-refractivity contribution in [3.05, 3.63) is 52.8 Å². The van der Waals surface area contributed by atoms with Gasteiger partial charge in [-0.1, -0.05) is 26.8 Å². The summed E-state index contributed by atoms with van der Waals surface area (Å²) in [5.74, 6) is -0.121. The fourth-order valence-corrected chi connectivity index (χ4v) is 2.10. The molecule has 1 aromatic heterocycles. The van der Waals surface area contributed by atoms with Gasteiger partial charge in [-0.2, -0.15) is 10.4 Å². The normalized spacial score (nSPS) is 11.0. The first-order valence-electron chi connectivity index (χ1n) is 7.11. The van der Waals surface area contributed by atoms with Crippen molar-refractivity contribution in [2.75, 3.05) is 7.05 Å². The first-order valence-corrected chi connectivity index (χ1v) is 7.11. The predicted octanol–water partition coefficient (Wildman–Crippen LogP) is 2.85. The number of nitrogens with zero attached hydrogens (tertiary/aromatic N) is 3. The molecule has 0 aliphatic heterocycles. The van der Waals surface area contributed by atoms with Gasteiger partial charge in [-0.15, -0.1) is 0 Å². The summed E-state index contributed by atoms with van der Waals surface area (Å²) in [5, 5.41) is 16.2. The van der Waals surface area contributed by atoms with Gasteiger partial charge >= 0.3 is 0 Å². The second kappa shape index (κ2) is 6.02. The average molecular weight is 296 g/mol. The minimum atomic E-state index is -0.121. The maximum absolute atomic E-state index is 12.4. The van der Waals surface area contributed by atoms with E-state index in [1.165, 1.54) is 0 Å². The molecular weight excluding hydrogens is 276 g/mol. The van der Waals surface area contributed by atoms with Gasteiger partial charge in [0.05, 0.1) is 29.6 Å². The van der Waals surface area contributed by atoms with Crippen LogP contribution in [0.15, 0.2) is 30.3 Å². The van der Waals surface area contributed by atoms with Crippen molar-refractivity contribution in [3.8, 4) is 6.07 Å². The Morgan fingerprint density at radius 2 is 2.09 bits per heavy atom. The Labute approximate surface area is 130 Å². The van der Waals surface area contributed by atoms with Crippen LogP contribution < -0.4 is 0 Å². The number of nitrogens with one attached hydrogen (secondary N) is 1. The molecule has 0 saturated heterocycles. The van der Waals surface area contributed by atoms with Crippen molar-refractivity contribution in [2.45, 2.75) is 32.7 Å². The second-order valence-electron chi connectivity index (χ2n) is 6.38. The van der Waals surface area contributed by atoms with E-state index in [0.29, 0.717) is 17.7 Å². The topological polar surface area (TPSA) is 72.8 Å². The van der Waals surface area contributed by atoms with Crippen LogP contribution in [-0.2, 0) is 12.0 Å². The van der Waals surface area contributed by atoms with E-state index in [0.717, 1.165) is 11.4 Å². The van der Waals surface area contributed by atoms with Crippen LogP contribution in [0.4, 0.5) is 0 Å². The standard InChI is InChI=1S/C17H20N4O/c1-17(2,3)15-9-14(19-20-15)11-21(4)16(22)13-7-5-6-12(8-13)10-18/h5-9H,11H2,1-4H3,(H,19,20). The molecule has 1 amide bonds. The van der Waals surface area contributed by atoms with Gasteiger partial charge in [-0.25, -0.2) is 0 Å². The Balaban J connectivity index is 2.11. The van der Waals surface area contributed by atoms with Crippen LogP contribution in [0.2, 0.25) is 0 Å². The van der Waals surface area contributed by atoms with Crippen LogP contribution in [0.5, 0.6) is 0 Å². The van der Waals surface area contributed by atoms with E-state index in [-0.39, 0.29) is 11.3 Å². The van der Waals surface area contributed by atoms with Crippen LogP contribution in [0, 0.1) is 11.3 Å². The third-order valence-electron chi connectivity index (χ3n) is 3.39. The molecule has 2 rings (SSSR count). The molecule has 1 heterocycles. The zero-order valence-corrected chi connectivity index (χ0v) is 13.3. The third-order valence-corrected chi connectivity index (χ3v) is 3.39. The van der Waals surface area contributed by atoms with Gasteiger partial charge < -0.3 is 4.90 Å². The highest BCUT2D eigenvalue weighted by atomic mass is 16.2. The lowest BCUT2D eigenvalue weighted by molar-refractivity contribution is 0.0783. The number of rotatable bonds is 3. The summed E-state index contributed by atoms with van der Waals surface area (Å²) in [6, 6.07) is 10.7. The number of H-pyrrole nitrogens is 1. The average Bonchev–Trinajstić information content (AvgIpc) is 2.95. The molecule has 2 aromatic rings. The summed E-state index contributed by atoms with van der Waals surface area (Å²) in [5.41, 5.74) is 2.82. The lowest BCUT2D eigenvalue weighted by Gasteiger charge is -2.16. The van der Waals surface area contributed by atoms with E-state index in [1.54, 1.807) is 36.2 Å². The number of carbonyl (C=O) groups excluding carboxylic acids is 1. The van der Waals surface area contributed by atoms with E-state index in [4.69, 9.17) is 5.26 Å². The summed E-state index contributed by atoms with van der Waals surface area (Å²) >= 11 is 0. The summed E-state index contributed by atoms with van der Waals surface area (Å²) in [6.07, 6.45) is 0. The lowest BCUT2D eigenvalue weighted by Crippen LogP contribution is -2.26. The smallest absolute Gasteiger partial charge is 0.253 e. The van der Waals surface area contributed by atoms with Gasteiger partial charge in [0.1, 0.15) is 0 Å². The Bertz CT molecular complexity index is 719. The summed E-state index contributed by atoms with van der Waals surface area (Å²) in [4.78, 5) is 14.0. The summed E-state index contributed by atoms with van der Waals surface area (Å²) in [7, 11) is 1.74. The molecule has 1 aromatic carbocycles. The van der Waals surface area contributed by atoms with Crippen LogP contribution in [0.1, 0.15) is 48.1 Å². The van der Waals surface area contributed by atoms with Crippen molar-refractivity contribution in [1.82, 2.24) is 15.1 Å². The van der Waals surface area contributed by atoms with Crippen LogP contribution in [0.3, 0.4) is 0 Å². The molecule has 5 heteroatoms. The number of aromatic nitrogens is 2. The lowest BCUT2D eigenvalue weighted by atomic mass is 9.92. The molecule has 0 saturated carbocycles. The fraction of sp³-hybridized carbons (Fsp3) is 0.353. The fourth-order valence-electron chi connectivity index (χ4n) is 2.10. The van der Waals surface area contributed by atoms with E-state index in [1.807, 2.05) is 12.1 Å². The van der Waals surface area contributed by atoms with Gasteiger partial charge in [-0.3, -0.25) is 9.89 Å². The highest BCUT2D eigenvalue weighted by Crippen LogP contribution is 2.20. The van der Waals surface area contributed by atoms with Gasteiger partial charge in [0.15, 0.2) is 0 Å². The van der Waals surface area contributed by atoms with Crippen LogP contribution in [-0.4, -0.2) is 28.1 Å². The van der Waals surface area contributed by atoms with Crippen molar-refractivity contribution in [3.63, 3.8) is 0 Å². The van der Waals surface area contributed by atoms with E-state index in [2.05, 4.69) is 31.0 Å². The Morgan fingerprint density at radius 3 is 2.68 bits per heavy atom. The molecule has 0 aliphatic rings. The quantitative estimate of drug-likeness (QED) is 0.946. The molecule has 0 radical (unpaired) electrons. The Hall–Kier alpha value is -2.61. The Kier molecular flexibility index (Phi) is 4.32. The van der Waals surface area contributed by atoms with E-state index in [9.17, 15) is 4.79 Å². The number of hydrogen-bond acceptors (Lipinski definition) is 3. The van der Waals surface area contributed by atoms with Crippen molar-refractivity contribution in [2.24, 2.45) is 0 Å². The molecule has 22 heavy (non-hydrogen) atoms. The molecule has 5 nitrogen and oxygen atoms in total. The molecular formula is C17H20N4O. The minimum Gasteiger partial charge on any atom is -0.336 e. The zero-order chi connectivity index (χ0) is 16.3. The molecule has 0 bridgehead atoms. The predicted molar refractivity (Wildman–Crippen MR) is 84.2 cm³/mol. The molecule has 0 atom stereocenters. The molecule has 114 valence electrons. The minimum absolute atomic E-state index is 0.0293. The second-order valence-corrected chi connectivity index (χ2v) is 6.38. The maximum atomic E-state index is 12.4. The van der Waals surface area contributed by atoms with Gasteiger partial charge in [0, 0.05) is 18.0 Å². The van der Waals surface area contributed by atoms with E-state index < -0.39 is 0 Å². The number of nitriles is 1. The SMILES string of the molecule is CN(Cc1cc(C(C)(C)C)n[nH]1)C(=O)c1cccc(C#N)c1. The van der Waals surface area contributed by atoms with Crippen molar-refractivity contribution < 1.29 is 4.79 Å². The summed E-state index contributed by atoms with van der Waals surface area (Å²) < 4.78 is 0. The number of aromatic amines is 1. The third kappa shape index (κ3) is 3.53. The zero-order valence-electron chi connectivity index (χ0n) is 13.3. The highest BCUT2D eigenvalue weighted by Gasteiger charge is 2.19. The van der Waals surface area contributed by atoms with Crippen molar-refractivity contribution >= 4 is 5.91 Å².